The minimum atomic E-state index is 0.397. The molecular weight excluding hydrogens is 260 g/mol. The van der Waals surface area contributed by atoms with Crippen molar-refractivity contribution < 1.29 is 4.74 Å². The molecule has 0 spiro atoms. The van der Waals surface area contributed by atoms with E-state index in [-0.39, 0.29) is 0 Å². The number of ether oxygens (including phenoxy) is 1. The molecule has 0 saturated carbocycles. The summed E-state index contributed by atoms with van der Waals surface area (Å²) in [5.74, 6) is 0. The maximum Gasteiger partial charge on any atom is 0.0594 e. The SMILES string of the molecule is CCCNC(c1ccc(CC)cc1)C(C)N1CCOCC1. The average molecular weight is 290 g/mol. The molecule has 2 unspecified atom stereocenters. The summed E-state index contributed by atoms with van der Waals surface area (Å²) in [5, 5.41) is 3.74. The lowest BCUT2D eigenvalue weighted by molar-refractivity contribution is 0.0120. The molecular formula is C18H30N2O. The molecule has 0 aliphatic carbocycles. The zero-order valence-electron chi connectivity index (χ0n) is 13.8. The van der Waals surface area contributed by atoms with Gasteiger partial charge in [0.05, 0.1) is 13.2 Å². The second-order valence-corrected chi connectivity index (χ2v) is 5.92. The van der Waals surface area contributed by atoms with Gasteiger partial charge in [-0.1, -0.05) is 38.1 Å². The van der Waals surface area contributed by atoms with Gasteiger partial charge in [-0.3, -0.25) is 4.90 Å². The van der Waals surface area contributed by atoms with Crippen LogP contribution in [0.5, 0.6) is 0 Å². The Bertz CT molecular complexity index is 398. The Balaban J connectivity index is 2.11. The van der Waals surface area contributed by atoms with E-state index in [2.05, 4.69) is 55.3 Å². The largest absolute Gasteiger partial charge is 0.379 e. The van der Waals surface area contributed by atoms with E-state index in [0.29, 0.717) is 12.1 Å². The van der Waals surface area contributed by atoms with Gasteiger partial charge in [0.25, 0.3) is 0 Å². The predicted molar refractivity (Wildman–Crippen MR) is 88.7 cm³/mol. The summed E-state index contributed by atoms with van der Waals surface area (Å²) in [5.41, 5.74) is 2.81. The van der Waals surface area contributed by atoms with Crippen LogP contribution in [0.3, 0.4) is 0 Å². The molecule has 0 radical (unpaired) electrons. The first-order chi connectivity index (χ1) is 10.3. The van der Waals surface area contributed by atoms with Crippen LogP contribution < -0.4 is 5.32 Å². The Morgan fingerprint density at radius 1 is 1.14 bits per heavy atom. The third-order valence-corrected chi connectivity index (χ3v) is 4.47. The van der Waals surface area contributed by atoms with Crippen molar-refractivity contribution in [2.75, 3.05) is 32.8 Å². The lowest BCUT2D eigenvalue weighted by Crippen LogP contribution is -2.48. The third kappa shape index (κ3) is 4.53. The highest BCUT2D eigenvalue weighted by atomic mass is 16.5. The highest BCUT2D eigenvalue weighted by Gasteiger charge is 2.25. The zero-order chi connectivity index (χ0) is 15.1. The zero-order valence-corrected chi connectivity index (χ0v) is 13.8. The van der Waals surface area contributed by atoms with Gasteiger partial charge in [0, 0.05) is 25.2 Å². The number of benzene rings is 1. The van der Waals surface area contributed by atoms with Gasteiger partial charge in [-0.15, -0.1) is 0 Å². The molecule has 1 aromatic carbocycles. The molecule has 2 atom stereocenters. The number of hydrogen-bond acceptors (Lipinski definition) is 3. The van der Waals surface area contributed by atoms with E-state index in [1.165, 1.54) is 17.5 Å². The minimum Gasteiger partial charge on any atom is -0.379 e. The Kier molecular flexibility index (Phi) is 6.68. The van der Waals surface area contributed by atoms with Gasteiger partial charge in [-0.05, 0) is 37.4 Å². The molecule has 0 amide bonds. The van der Waals surface area contributed by atoms with Gasteiger partial charge in [0.15, 0.2) is 0 Å². The topological polar surface area (TPSA) is 24.5 Å². The van der Waals surface area contributed by atoms with Crippen LogP contribution in [0.4, 0.5) is 0 Å². The molecule has 1 saturated heterocycles. The van der Waals surface area contributed by atoms with Crippen LogP contribution in [0.25, 0.3) is 0 Å². The quantitative estimate of drug-likeness (QED) is 0.835. The molecule has 1 heterocycles. The van der Waals surface area contributed by atoms with E-state index >= 15 is 0 Å². The highest BCUT2D eigenvalue weighted by Crippen LogP contribution is 2.22. The summed E-state index contributed by atoms with van der Waals surface area (Å²) >= 11 is 0. The van der Waals surface area contributed by atoms with Crippen molar-refractivity contribution in [2.45, 2.75) is 45.7 Å². The van der Waals surface area contributed by atoms with Crippen LogP contribution in [-0.4, -0.2) is 43.8 Å². The first kappa shape index (κ1) is 16.5. The fraction of sp³-hybridized carbons (Fsp3) is 0.667. The first-order valence-electron chi connectivity index (χ1n) is 8.40. The molecule has 3 heteroatoms. The lowest BCUT2D eigenvalue weighted by atomic mass is 9.97. The Labute approximate surface area is 129 Å². The summed E-state index contributed by atoms with van der Waals surface area (Å²) in [6.07, 6.45) is 2.27. The van der Waals surface area contributed by atoms with E-state index in [4.69, 9.17) is 4.74 Å². The molecule has 0 aromatic heterocycles. The fourth-order valence-corrected chi connectivity index (χ4v) is 3.02. The molecule has 2 rings (SSSR count). The van der Waals surface area contributed by atoms with Gasteiger partial charge in [-0.2, -0.15) is 0 Å². The summed E-state index contributed by atoms with van der Waals surface area (Å²) < 4.78 is 5.48. The van der Waals surface area contributed by atoms with Gasteiger partial charge >= 0.3 is 0 Å². The maximum atomic E-state index is 5.48. The average Bonchev–Trinajstić information content (AvgIpc) is 2.56. The predicted octanol–water partition coefficient (Wildman–Crippen LogP) is 3.01. The van der Waals surface area contributed by atoms with Crippen LogP contribution in [-0.2, 0) is 11.2 Å². The molecule has 1 aliphatic heterocycles. The van der Waals surface area contributed by atoms with Crippen molar-refractivity contribution in [1.29, 1.82) is 0 Å². The highest BCUT2D eigenvalue weighted by molar-refractivity contribution is 5.26. The normalized spacial score (nSPS) is 19.4. The van der Waals surface area contributed by atoms with Crippen molar-refractivity contribution in [3.8, 4) is 0 Å². The number of hydrogen-bond donors (Lipinski definition) is 1. The van der Waals surface area contributed by atoms with E-state index < -0.39 is 0 Å². The summed E-state index contributed by atoms with van der Waals surface area (Å²) in [4.78, 5) is 2.55. The van der Waals surface area contributed by atoms with Crippen molar-refractivity contribution in [3.63, 3.8) is 0 Å². The van der Waals surface area contributed by atoms with Crippen LogP contribution in [0, 0.1) is 0 Å². The molecule has 0 bridgehead atoms. The van der Waals surface area contributed by atoms with Crippen LogP contribution in [0.2, 0.25) is 0 Å². The van der Waals surface area contributed by atoms with E-state index in [0.717, 1.165) is 39.3 Å². The summed E-state index contributed by atoms with van der Waals surface area (Å²) in [7, 11) is 0. The molecule has 118 valence electrons. The number of nitrogens with one attached hydrogen (secondary N) is 1. The summed E-state index contributed by atoms with van der Waals surface area (Å²) in [6.45, 7) is 11.6. The minimum absolute atomic E-state index is 0.397. The van der Waals surface area contributed by atoms with Gasteiger partial charge in [0.2, 0.25) is 0 Å². The number of rotatable bonds is 7. The molecule has 1 aromatic rings. The second-order valence-electron chi connectivity index (χ2n) is 5.92. The molecule has 1 aliphatic rings. The smallest absolute Gasteiger partial charge is 0.0594 e. The van der Waals surface area contributed by atoms with E-state index in [9.17, 15) is 0 Å². The van der Waals surface area contributed by atoms with Crippen LogP contribution in [0.15, 0.2) is 24.3 Å². The van der Waals surface area contributed by atoms with Crippen molar-refractivity contribution in [3.05, 3.63) is 35.4 Å². The maximum absolute atomic E-state index is 5.48. The molecule has 1 N–H and O–H groups in total. The molecule has 3 nitrogen and oxygen atoms in total. The van der Waals surface area contributed by atoms with Gasteiger partial charge in [0.1, 0.15) is 0 Å². The van der Waals surface area contributed by atoms with Crippen molar-refractivity contribution in [1.82, 2.24) is 10.2 Å². The number of morpholine rings is 1. The monoisotopic (exact) mass is 290 g/mol. The third-order valence-electron chi connectivity index (χ3n) is 4.47. The standard InChI is InChI=1S/C18H30N2O/c1-4-10-19-18(15(3)20-11-13-21-14-12-20)17-8-6-16(5-2)7-9-17/h6-9,15,18-19H,4-5,10-14H2,1-3H3. The Hall–Kier alpha value is -0.900. The molecule has 1 fully saturated rings. The van der Waals surface area contributed by atoms with E-state index in [1.54, 1.807) is 0 Å². The summed E-state index contributed by atoms with van der Waals surface area (Å²) in [6, 6.07) is 10.0. The lowest BCUT2D eigenvalue weighted by Gasteiger charge is -2.37. The Morgan fingerprint density at radius 2 is 1.81 bits per heavy atom. The van der Waals surface area contributed by atoms with Crippen molar-refractivity contribution >= 4 is 0 Å². The van der Waals surface area contributed by atoms with Crippen LogP contribution >= 0.6 is 0 Å². The van der Waals surface area contributed by atoms with Crippen molar-refractivity contribution in [2.24, 2.45) is 0 Å². The first-order valence-corrected chi connectivity index (χ1v) is 8.40. The number of aryl methyl sites for hydroxylation is 1. The van der Waals surface area contributed by atoms with Crippen LogP contribution in [0.1, 0.15) is 44.4 Å². The van der Waals surface area contributed by atoms with Gasteiger partial charge < -0.3 is 10.1 Å². The number of nitrogens with zero attached hydrogens (tertiary/aromatic N) is 1. The van der Waals surface area contributed by atoms with Gasteiger partial charge in [-0.25, -0.2) is 0 Å². The Morgan fingerprint density at radius 3 is 2.38 bits per heavy atom. The molecule has 21 heavy (non-hydrogen) atoms. The fourth-order valence-electron chi connectivity index (χ4n) is 3.02. The second kappa shape index (κ2) is 8.52. The van der Waals surface area contributed by atoms with E-state index in [1.807, 2.05) is 0 Å².